The zero-order valence-electron chi connectivity index (χ0n) is 28.9. The van der Waals surface area contributed by atoms with Gasteiger partial charge in [0.2, 0.25) is 0 Å². The van der Waals surface area contributed by atoms with E-state index in [0.29, 0.717) is 39.5 Å². The molecule has 7 rings (SSSR count). The number of benzene rings is 5. The third kappa shape index (κ3) is 8.58. The Hall–Kier alpha value is -4.79. The van der Waals surface area contributed by atoms with Gasteiger partial charge in [0, 0.05) is 0 Å². The van der Waals surface area contributed by atoms with Crippen LogP contribution in [0.1, 0.15) is 52.0 Å². The zero-order valence-corrected chi connectivity index (χ0v) is 28.9. The van der Waals surface area contributed by atoms with E-state index in [9.17, 15) is 4.79 Å². The molecule has 2 aliphatic heterocycles. The van der Waals surface area contributed by atoms with E-state index in [4.69, 9.17) is 28.4 Å². The van der Waals surface area contributed by atoms with E-state index in [2.05, 4.69) is 37.3 Å². The fraction of sp³-hybridized carbons (Fsp3) is 0.295. The van der Waals surface area contributed by atoms with Gasteiger partial charge in [-0.25, -0.2) is 0 Å². The molecule has 0 aliphatic carbocycles. The molecule has 262 valence electrons. The number of aryl methyl sites for hydroxylation is 1. The molecule has 0 radical (unpaired) electrons. The topological polar surface area (TPSA) is 72.5 Å². The van der Waals surface area contributed by atoms with Gasteiger partial charge in [0.1, 0.15) is 43.7 Å². The minimum Gasteiger partial charge on any atom is -0.486 e. The van der Waals surface area contributed by atoms with E-state index in [0.717, 1.165) is 52.0 Å². The third-order valence-electron chi connectivity index (χ3n) is 9.50. The number of hydrogen-bond acceptors (Lipinski definition) is 7. The molecule has 2 aliphatic rings. The van der Waals surface area contributed by atoms with E-state index in [-0.39, 0.29) is 0 Å². The van der Waals surface area contributed by atoms with Gasteiger partial charge < -0.3 is 33.2 Å². The molecule has 0 saturated carbocycles. The Morgan fingerprint density at radius 2 is 1.16 bits per heavy atom. The maximum absolute atomic E-state index is 12.9. The van der Waals surface area contributed by atoms with Gasteiger partial charge in [-0.05, 0) is 63.9 Å². The molecule has 5 atom stereocenters. The quantitative estimate of drug-likeness (QED) is 0.110. The SMILES string of the molecule is CCc1ccc(C2O[C@H](C=O)[C@@H](OCc3ccccc3)[C@H](OCc3ccccc3)[C@H]2OCc2ccccc2)cc1Cc1ccc2c(c1)OCCO2. The fourth-order valence-corrected chi connectivity index (χ4v) is 6.86. The lowest BCUT2D eigenvalue weighted by atomic mass is 9.88. The molecule has 51 heavy (non-hydrogen) atoms. The van der Waals surface area contributed by atoms with Crippen LogP contribution in [0.25, 0.3) is 0 Å². The van der Waals surface area contributed by atoms with Crippen LogP contribution in [-0.4, -0.2) is 43.9 Å². The van der Waals surface area contributed by atoms with Crippen LogP contribution in [0.3, 0.4) is 0 Å². The number of hydrogen-bond donors (Lipinski definition) is 0. The van der Waals surface area contributed by atoms with Crippen LogP contribution in [0.5, 0.6) is 11.5 Å². The van der Waals surface area contributed by atoms with Crippen molar-refractivity contribution in [3.05, 3.63) is 166 Å². The monoisotopic (exact) mass is 684 g/mol. The molecule has 2 heterocycles. The lowest BCUT2D eigenvalue weighted by Crippen LogP contribution is -2.57. The summed E-state index contributed by atoms with van der Waals surface area (Å²) in [5, 5.41) is 0. The van der Waals surface area contributed by atoms with Crippen LogP contribution in [-0.2, 0) is 56.4 Å². The molecule has 1 saturated heterocycles. The van der Waals surface area contributed by atoms with Crippen molar-refractivity contribution in [2.75, 3.05) is 13.2 Å². The van der Waals surface area contributed by atoms with Crippen LogP contribution >= 0.6 is 0 Å². The highest BCUT2D eigenvalue weighted by molar-refractivity contribution is 5.58. The minimum absolute atomic E-state index is 0.297. The first-order valence-corrected chi connectivity index (χ1v) is 17.8. The first kappa shape index (κ1) is 34.6. The van der Waals surface area contributed by atoms with Gasteiger partial charge in [-0.2, -0.15) is 0 Å². The number of carbonyl (C=O) groups excluding carboxylic acids is 1. The van der Waals surface area contributed by atoms with Gasteiger partial charge in [-0.1, -0.05) is 122 Å². The summed E-state index contributed by atoms with van der Waals surface area (Å²) in [4.78, 5) is 12.9. The van der Waals surface area contributed by atoms with Crippen molar-refractivity contribution in [3.63, 3.8) is 0 Å². The second-order valence-electron chi connectivity index (χ2n) is 13.0. The summed E-state index contributed by atoms with van der Waals surface area (Å²) in [5.74, 6) is 1.54. The molecule has 7 heteroatoms. The molecule has 0 spiro atoms. The van der Waals surface area contributed by atoms with Crippen molar-refractivity contribution in [1.29, 1.82) is 0 Å². The van der Waals surface area contributed by atoms with Crippen molar-refractivity contribution >= 4 is 6.29 Å². The smallest absolute Gasteiger partial charge is 0.161 e. The maximum atomic E-state index is 12.9. The van der Waals surface area contributed by atoms with Crippen LogP contribution < -0.4 is 9.47 Å². The fourth-order valence-electron chi connectivity index (χ4n) is 6.86. The Morgan fingerprint density at radius 3 is 1.75 bits per heavy atom. The highest BCUT2D eigenvalue weighted by Gasteiger charge is 2.49. The highest BCUT2D eigenvalue weighted by Crippen LogP contribution is 2.39. The maximum Gasteiger partial charge on any atom is 0.161 e. The Labute approximate surface area is 300 Å². The van der Waals surface area contributed by atoms with Gasteiger partial charge >= 0.3 is 0 Å². The predicted molar refractivity (Wildman–Crippen MR) is 195 cm³/mol. The van der Waals surface area contributed by atoms with Crippen molar-refractivity contribution in [2.24, 2.45) is 0 Å². The largest absolute Gasteiger partial charge is 0.486 e. The first-order chi connectivity index (χ1) is 25.2. The molecule has 7 nitrogen and oxygen atoms in total. The van der Waals surface area contributed by atoms with Gasteiger partial charge in [-0.15, -0.1) is 0 Å². The lowest BCUT2D eigenvalue weighted by molar-refractivity contribution is -0.259. The Kier molecular flexibility index (Phi) is 11.5. The summed E-state index contributed by atoms with van der Waals surface area (Å²) in [7, 11) is 0. The van der Waals surface area contributed by atoms with Gasteiger partial charge in [-0.3, -0.25) is 0 Å². The molecule has 0 bridgehead atoms. The van der Waals surface area contributed by atoms with Crippen molar-refractivity contribution in [3.8, 4) is 11.5 Å². The number of aldehydes is 1. The summed E-state index contributed by atoms with van der Waals surface area (Å²) in [6.45, 7) is 4.21. The number of fused-ring (bicyclic) bond motifs is 1. The molecule has 0 N–H and O–H groups in total. The Balaban J connectivity index is 1.24. The Bertz CT molecular complexity index is 1850. The van der Waals surface area contributed by atoms with Gasteiger partial charge in [0.25, 0.3) is 0 Å². The van der Waals surface area contributed by atoms with Crippen LogP contribution in [0.4, 0.5) is 0 Å². The van der Waals surface area contributed by atoms with Crippen LogP contribution in [0.15, 0.2) is 127 Å². The highest BCUT2D eigenvalue weighted by atomic mass is 16.6. The molecule has 5 aromatic rings. The van der Waals surface area contributed by atoms with Crippen molar-refractivity contribution in [1.82, 2.24) is 0 Å². The van der Waals surface area contributed by atoms with Crippen LogP contribution in [0.2, 0.25) is 0 Å². The molecule has 1 fully saturated rings. The number of carbonyl (C=O) groups is 1. The van der Waals surface area contributed by atoms with Crippen molar-refractivity contribution < 1.29 is 33.2 Å². The second-order valence-corrected chi connectivity index (χ2v) is 13.0. The molecule has 1 unspecified atom stereocenters. The standard InChI is InChI=1S/C44H44O7/c1-2-35-19-20-36(26-37(35)24-34-18-21-38-39(25-34)47-23-22-46-38)41-43(49-29-32-14-8-4-9-15-32)44(50-30-33-16-10-5-11-17-33)42(40(27-45)51-41)48-28-31-12-6-3-7-13-31/h3-21,25-27,40-44H,2,22-24,28-30H2,1H3/t40-,41?,42-,43+,44+/m1/s1. The third-order valence-corrected chi connectivity index (χ3v) is 9.50. The predicted octanol–water partition coefficient (Wildman–Crippen LogP) is 8.01. The summed E-state index contributed by atoms with van der Waals surface area (Å²) < 4.78 is 38.5. The van der Waals surface area contributed by atoms with E-state index in [1.54, 1.807) is 0 Å². The first-order valence-electron chi connectivity index (χ1n) is 17.8. The molecule has 5 aromatic carbocycles. The Morgan fingerprint density at radius 1 is 0.588 bits per heavy atom. The normalized spacial score (nSPS) is 21.2. The van der Waals surface area contributed by atoms with E-state index in [1.165, 1.54) is 11.1 Å². The summed E-state index contributed by atoms with van der Waals surface area (Å²) >= 11 is 0. The minimum atomic E-state index is -0.886. The summed E-state index contributed by atoms with van der Waals surface area (Å²) in [6.07, 6.45) is -1.02. The van der Waals surface area contributed by atoms with Crippen LogP contribution in [0, 0.1) is 0 Å². The summed E-state index contributed by atoms with van der Waals surface area (Å²) in [6, 6.07) is 42.6. The van der Waals surface area contributed by atoms with Crippen molar-refractivity contribution in [2.45, 2.75) is 70.1 Å². The molecule has 0 aromatic heterocycles. The van der Waals surface area contributed by atoms with Gasteiger partial charge in [0.15, 0.2) is 17.8 Å². The lowest BCUT2D eigenvalue weighted by Gasteiger charge is -2.45. The van der Waals surface area contributed by atoms with Gasteiger partial charge in [0.05, 0.1) is 19.8 Å². The second kappa shape index (κ2) is 16.9. The number of rotatable bonds is 14. The molecular weight excluding hydrogens is 640 g/mol. The van der Waals surface area contributed by atoms with E-state index >= 15 is 0 Å². The van der Waals surface area contributed by atoms with E-state index in [1.807, 2.05) is 97.1 Å². The summed E-state index contributed by atoms with van der Waals surface area (Å²) in [5.41, 5.74) is 7.48. The molecular formula is C44H44O7. The zero-order chi connectivity index (χ0) is 34.8. The van der Waals surface area contributed by atoms with E-state index < -0.39 is 30.5 Å². The average molecular weight is 685 g/mol. The number of ether oxygens (including phenoxy) is 6. The average Bonchev–Trinajstić information content (AvgIpc) is 3.19. The molecule has 0 amide bonds.